The Bertz CT molecular complexity index is 345. The van der Waals surface area contributed by atoms with Crippen LogP contribution < -0.4 is 10.6 Å². The fourth-order valence-electron chi connectivity index (χ4n) is 2.02. The van der Waals surface area contributed by atoms with Gasteiger partial charge in [0.1, 0.15) is 0 Å². The lowest BCUT2D eigenvalue weighted by atomic mass is 9.87. The summed E-state index contributed by atoms with van der Waals surface area (Å²) in [6.45, 7) is 1.31. The molecule has 0 saturated carbocycles. The third-order valence-corrected chi connectivity index (χ3v) is 2.76. The first kappa shape index (κ1) is 10.1. The normalized spacial score (nSPS) is 25.3. The third kappa shape index (κ3) is 2.00. The summed E-state index contributed by atoms with van der Waals surface area (Å²) in [5.74, 6) is -0.782. The van der Waals surface area contributed by atoms with Crippen molar-refractivity contribution in [2.75, 3.05) is 13.2 Å². The molecule has 0 spiro atoms. The van der Waals surface area contributed by atoms with Crippen LogP contribution in [-0.4, -0.2) is 24.3 Å². The van der Waals surface area contributed by atoms with Crippen molar-refractivity contribution in [3.05, 3.63) is 35.9 Å². The maximum absolute atomic E-state index is 10.9. The highest BCUT2D eigenvalue weighted by atomic mass is 16.4. The minimum absolute atomic E-state index is 0.101. The zero-order chi connectivity index (χ0) is 10.7. The summed E-state index contributed by atoms with van der Waals surface area (Å²) in [5, 5.41) is 15.3. The monoisotopic (exact) mass is 206 g/mol. The summed E-state index contributed by atoms with van der Waals surface area (Å²) in [7, 11) is 0. The Kier molecular flexibility index (Phi) is 2.70. The second-order valence-electron chi connectivity index (χ2n) is 3.80. The van der Waals surface area contributed by atoms with Crippen molar-refractivity contribution < 1.29 is 9.90 Å². The predicted octanol–water partition coefficient (Wildman–Crippen LogP) is 0.507. The van der Waals surface area contributed by atoms with Gasteiger partial charge in [-0.05, 0) is 5.56 Å². The molecule has 15 heavy (non-hydrogen) atoms. The first-order valence-corrected chi connectivity index (χ1v) is 4.96. The van der Waals surface area contributed by atoms with Crippen molar-refractivity contribution >= 4 is 5.97 Å². The Hall–Kier alpha value is -1.39. The number of nitrogens with one attached hydrogen (secondary N) is 2. The van der Waals surface area contributed by atoms with Gasteiger partial charge in [-0.15, -0.1) is 0 Å². The summed E-state index contributed by atoms with van der Waals surface area (Å²) in [5.41, 5.74) is 0.574. The second-order valence-corrected chi connectivity index (χ2v) is 3.80. The molecule has 4 nitrogen and oxygen atoms in total. The van der Waals surface area contributed by atoms with Crippen molar-refractivity contribution in [1.29, 1.82) is 0 Å². The molecule has 1 unspecified atom stereocenters. The zero-order valence-electron chi connectivity index (χ0n) is 8.36. The van der Waals surface area contributed by atoms with Gasteiger partial charge in [-0.25, -0.2) is 0 Å². The summed E-state index contributed by atoms with van der Waals surface area (Å²) >= 11 is 0. The lowest BCUT2D eigenvalue weighted by Gasteiger charge is -2.27. The van der Waals surface area contributed by atoms with E-state index in [2.05, 4.69) is 10.6 Å². The molecule has 0 aromatic heterocycles. The van der Waals surface area contributed by atoms with Crippen LogP contribution in [0.2, 0.25) is 0 Å². The highest BCUT2D eigenvalue weighted by Gasteiger charge is 2.37. The number of carboxylic acids is 1. The number of carbonyl (C=O) groups is 1. The largest absolute Gasteiger partial charge is 0.481 e. The van der Waals surface area contributed by atoms with Gasteiger partial charge in [0, 0.05) is 13.2 Å². The van der Waals surface area contributed by atoms with E-state index in [1.807, 2.05) is 30.3 Å². The number of benzene rings is 1. The molecule has 0 bridgehead atoms. The molecule has 1 fully saturated rings. The number of carboxylic acid groups (broad SMARTS) is 1. The van der Waals surface area contributed by atoms with Gasteiger partial charge < -0.3 is 10.4 Å². The van der Waals surface area contributed by atoms with E-state index in [9.17, 15) is 4.79 Å². The molecule has 1 aliphatic heterocycles. The molecule has 1 atom stereocenters. The first-order valence-electron chi connectivity index (χ1n) is 4.96. The molecule has 1 heterocycles. The van der Waals surface area contributed by atoms with Crippen molar-refractivity contribution in [1.82, 2.24) is 10.6 Å². The van der Waals surface area contributed by atoms with Crippen molar-refractivity contribution in [3.63, 3.8) is 0 Å². The minimum Gasteiger partial charge on any atom is -0.481 e. The van der Waals surface area contributed by atoms with E-state index in [0.717, 1.165) is 5.56 Å². The Balaban J connectivity index is 2.30. The average Bonchev–Trinajstić information content (AvgIpc) is 2.68. The molecule has 0 aliphatic carbocycles. The summed E-state index contributed by atoms with van der Waals surface area (Å²) in [6.07, 6.45) is 0.101. The summed E-state index contributed by atoms with van der Waals surface area (Å²) in [6, 6.07) is 9.71. The molecule has 80 valence electrons. The lowest BCUT2D eigenvalue weighted by Crippen LogP contribution is -2.41. The molecule has 3 N–H and O–H groups in total. The van der Waals surface area contributed by atoms with E-state index in [-0.39, 0.29) is 6.42 Å². The summed E-state index contributed by atoms with van der Waals surface area (Å²) in [4.78, 5) is 10.9. The van der Waals surface area contributed by atoms with E-state index < -0.39 is 11.5 Å². The van der Waals surface area contributed by atoms with Gasteiger partial charge in [-0.3, -0.25) is 10.1 Å². The average molecular weight is 206 g/mol. The van der Waals surface area contributed by atoms with Gasteiger partial charge in [0.25, 0.3) is 0 Å². The van der Waals surface area contributed by atoms with Gasteiger partial charge in [0.15, 0.2) is 0 Å². The lowest BCUT2D eigenvalue weighted by molar-refractivity contribution is -0.138. The highest BCUT2D eigenvalue weighted by Crippen LogP contribution is 2.26. The van der Waals surface area contributed by atoms with E-state index in [1.54, 1.807) is 0 Å². The Morgan fingerprint density at radius 3 is 2.67 bits per heavy atom. The zero-order valence-corrected chi connectivity index (χ0v) is 8.36. The van der Waals surface area contributed by atoms with Crippen molar-refractivity contribution in [2.45, 2.75) is 12.0 Å². The van der Waals surface area contributed by atoms with E-state index in [1.165, 1.54) is 0 Å². The smallest absolute Gasteiger partial charge is 0.305 e. The van der Waals surface area contributed by atoms with E-state index >= 15 is 0 Å². The fourth-order valence-corrected chi connectivity index (χ4v) is 2.02. The quantitative estimate of drug-likeness (QED) is 0.674. The van der Waals surface area contributed by atoms with Crippen LogP contribution in [0.25, 0.3) is 0 Å². The third-order valence-electron chi connectivity index (χ3n) is 2.76. The van der Waals surface area contributed by atoms with Crippen molar-refractivity contribution in [3.8, 4) is 0 Å². The van der Waals surface area contributed by atoms with E-state index in [0.29, 0.717) is 13.2 Å². The maximum atomic E-state index is 10.9. The van der Waals surface area contributed by atoms with Crippen LogP contribution in [0.5, 0.6) is 0 Å². The fraction of sp³-hybridized carbons (Fsp3) is 0.364. The van der Waals surface area contributed by atoms with Gasteiger partial charge in [0.2, 0.25) is 0 Å². The molecule has 0 amide bonds. The number of hydrogen-bond donors (Lipinski definition) is 3. The van der Waals surface area contributed by atoms with Gasteiger partial charge >= 0.3 is 5.97 Å². The molecular formula is C11H14N2O2. The van der Waals surface area contributed by atoms with E-state index in [4.69, 9.17) is 5.11 Å². The van der Waals surface area contributed by atoms with Crippen LogP contribution in [-0.2, 0) is 10.3 Å². The van der Waals surface area contributed by atoms with Gasteiger partial charge in [-0.1, -0.05) is 30.3 Å². The Morgan fingerprint density at radius 2 is 2.13 bits per heavy atom. The van der Waals surface area contributed by atoms with Gasteiger partial charge in [0.05, 0.1) is 12.0 Å². The molecule has 0 radical (unpaired) electrons. The summed E-state index contributed by atoms with van der Waals surface area (Å²) < 4.78 is 0. The molecule has 2 rings (SSSR count). The van der Waals surface area contributed by atoms with Gasteiger partial charge in [-0.2, -0.15) is 0 Å². The van der Waals surface area contributed by atoms with Crippen LogP contribution in [0.4, 0.5) is 0 Å². The number of hydrogen-bond acceptors (Lipinski definition) is 3. The number of aliphatic carboxylic acids is 1. The topological polar surface area (TPSA) is 61.4 Å². The molecular weight excluding hydrogens is 192 g/mol. The highest BCUT2D eigenvalue weighted by molar-refractivity contribution is 5.69. The van der Waals surface area contributed by atoms with Crippen LogP contribution in [0.15, 0.2) is 30.3 Å². The van der Waals surface area contributed by atoms with Crippen molar-refractivity contribution in [2.24, 2.45) is 0 Å². The Labute approximate surface area is 88.3 Å². The molecule has 1 aromatic carbocycles. The van der Waals surface area contributed by atoms with Crippen LogP contribution >= 0.6 is 0 Å². The SMILES string of the molecule is O=C(O)CC1(c2ccccc2)CNCN1. The minimum atomic E-state index is -0.782. The van der Waals surface area contributed by atoms with Crippen LogP contribution in [0.1, 0.15) is 12.0 Å². The second kappa shape index (κ2) is 4.00. The first-order chi connectivity index (χ1) is 7.23. The Morgan fingerprint density at radius 1 is 1.40 bits per heavy atom. The van der Waals surface area contributed by atoms with Crippen LogP contribution in [0.3, 0.4) is 0 Å². The van der Waals surface area contributed by atoms with Crippen LogP contribution in [0, 0.1) is 0 Å². The molecule has 1 saturated heterocycles. The molecule has 4 heteroatoms. The molecule has 1 aliphatic rings. The number of rotatable bonds is 3. The maximum Gasteiger partial charge on any atom is 0.305 e. The molecule has 1 aromatic rings. The standard InChI is InChI=1S/C11H14N2O2/c14-10(15)6-11(7-12-8-13-11)9-4-2-1-3-5-9/h1-5,12-13H,6-8H2,(H,14,15). The predicted molar refractivity (Wildman–Crippen MR) is 56.4 cm³/mol.